The normalized spacial score (nSPS) is 18.5. The summed E-state index contributed by atoms with van der Waals surface area (Å²) in [4.78, 5) is 16.2. The summed E-state index contributed by atoms with van der Waals surface area (Å²) in [5.74, 6) is 0.0656. The van der Waals surface area contributed by atoms with Crippen LogP contribution >= 0.6 is 0 Å². The zero-order valence-electron chi connectivity index (χ0n) is 13.4. The van der Waals surface area contributed by atoms with E-state index < -0.39 is 0 Å². The predicted molar refractivity (Wildman–Crippen MR) is 84.4 cm³/mol. The highest BCUT2D eigenvalue weighted by molar-refractivity contribution is 5.78. The van der Waals surface area contributed by atoms with Crippen LogP contribution in [0.4, 0.5) is 4.39 Å². The lowest BCUT2D eigenvalue weighted by Gasteiger charge is -2.34. The van der Waals surface area contributed by atoms with Gasteiger partial charge in [0, 0.05) is 19.1 Å². The third kappa shape index (κ3) is 4.70. The number of para-hydroxylation sites is 1. The largest absolute Gasteiger partial charge is 0.489 e. The average molecular weight is 308 g/mol. The van der Waals surface area contributed by atoms with E-state index in [4.69, 9.17) is 4.74 Å². The minimum Gasteiger partial charge on any atom is -0.489 e. The number of hydrogen-bond donors (Lipinski definition) is 0. The van der Waals surface area contributed by atoms with E-state index >= 15 is 0 Å². The summed E-state index contributed by atoms with van der Waals surface area (Å²) in [6.07, 6.45) is 3.39. The lowest BCUT2D eigenvalue weighted by molar-refractivity contribution is -0.135. The molecule has 1 heterocycles. The number of hydrogen-bond acceptors (Lipinski definition) is 3. The predicted octanol–water partition coefficient (Wildman–Crippen LogP) is 2.54. The summed E-state index contributed by atoms with van der Waals surface area (Å²) in [5.41, 5.74) is 0. The van der Waals surface area contributed by atoms with Gasteiger partial charge in [0.1, 0.15) is 6.61 Å². The number of carbonyl (C=O) groups excluding carboxylic acids is 1. The van der Waals surface area contributed by atoms with Crippen molar-refractivity contribution in [3.8, 4) is 5.75 Å². The molecule has 0 radical (unpaired) electrons. The van der Waals surface area contributed by atoms with Crippen LogP contribution in [0.25, 0.3) is 0 Å². The molecule has 122 valence electrons. The van der Waals surface area contributed by atoms with Crippen molar-refractivity contribution < 1.29 is 13.9 Å². The van der Waals surface area contributed by atoms with Gasteiger partial charge in [-0.05, 0) is 45.4 Å². The first-order chi connectivity index (χ1) is 10.6. The van der Waals surface area contributed by atoms with Crippen LogP contribution in [0.1, 0.15) is 26.2 Å². The van der Waals surface area contributed by atoms with E-state index in [2.05, 4.69) is 6.92 Å². The van der Waals surface area contributed by atoms with Gasteiger partial charge in [0.25, 0.3) is 0 Å². The smallest absolute Gasteiger partial charge is 0.236 e. The maximum atomic E-state index is 13.4. The van der Waals surface area contributed by atoms with Gasteiger partial charge in [-0.2, -0.15) is 0 Å². The molecular formula is C17H25FN2O2. The van der Waals surface area contributed by atoms with E-state index in [1.165, 1.54) is 12.5 Å². The highest BCUT2D eigenvalue weighted by Crippen LogP contribution is 2.17. The molecule has 1 unspecified atom stereocenters. The van der Waals surface area contributed by atoms with Crippen molar-refractivity contribution >= 4 is 5.91 Å². The van der Waals surface area contributed by atoms with E-state index in [1.807, 2.05) is 16.8 Å². The quantitative estimate of drug-likeness (QED) is 0.809. The molecule has 1 aliphatic rings. The molecule has 0 aliphatic carbocycles. The molecule has 1 aromatic rings. The summed E-state index contributed by atoms with van der Waals surface area (Å²) in [5, 5.41) is 0. The molecule has 5 heteroatoms. The van der Waals surface area contributed by atoms with Crippen LogP contribution in [0, 0.1) is 5.82 Å². The topological polar surface area (TPSA) is 32.8 Å². The number of piperidine rings is 1. The summed E-state index contributed by atoms with van der Waals surface area (Å²) in [7, 11) is 1.89. The first-order valence-electron chi connectivity index (χ1n) is 7.93. The molecule has 0 bridgehead atoms. The number of likely N-dealkylation sites (tertiary alicyclic amines) is 1. The van der Waals surface area contributed by atoms with Crippen molar-refractivity contribution in [1.82, 2.24) is 9.80 Å². The molecule has 0 aromatic heterocycles. The van der Waals surface area contributed by atoms with Gasteiger partial charge in [-0.3, -0.25) is 9.69 Å². The molecule has 1 atom stereocenters. The number of carbonyl (C=O) groups is 1. The minimum absolute atomic E-state index is 0.167. The Morgan fingerprint density at radius 3 is 2.91 bits per heavy atom. The number of halogens is 1. The Bertz CT molecular complexity index is 495. The fourth-order valence-corrected chi connectivity index (χ4v) is 2.74. The zero-order chi connectivity index (χ0) is 15.9. The van der Waals surface area contributed by atoms with Gasteiger partial charge in [-0.25, -0.2) is 4.39 Å². The lowest BCUT2D eigenvalue weighted by Crippen LogP contribution is -2.46. The van der Waals surface area contributed by atoms with Gasteiger partial charge in [0.05, 0.1) is 6.54 Å². The number of ether oxygens (including phenoxy) is 1. The molecular weight excluding hydrogens is 283 g/mol. The molecule has 0 spiro atoms. The first kappa shape index (κ1) is 16.7. The maximum Gasteiger partial charge on any atom is 0.236 e. The second-order valence-electron chi connectivity index (χ2n) is 5.95. The Hall–Kier alpha value is -1.62. The summed E-state index contributed by atoms with van der Waals surface area (Å²) in [6.45, 7) is 4.30. The van der Waals surface area contributed by atoms with Crippen molar-refractivity contribution in [3.63, 3.8) is 0 Å². The molecule has 1 aromatic carbocycles. The van der Waals surface area contributed by atoms with E-state index in [0.717, 1.165) is 19.4 Å². The van der Waals surface area contributed by atoms with Gasteiger partial charge in [-0.1, -0.05) is 12.1 Å². The molecule has 4 nitrogen and oxygen atoms in total. The van der Waals surface area contributed by atoms with Crippen LogP contribution in [-0.4, -0.2) is 55.0 Å². The molecule has 1 aliphatic heterocycles. The summed E-state index contributed by atoms with van der Waals surface area (Å²) >= 11 is 0. The lowest BCUT2D eigenvalue weighted by atomic mass is 10.0. The highest BCUT2D eigenvalue weighted by Gasteiger charge is 2.23. The summed E-state index contributed by atoms with van der Waals surface area (Å²) in [6, 6.07) is 6.69. The highest BCUT2D eigenvalue weighted by atomic mass is 19.1. The Balaban J connectivity index is 1.72. The van der Waals surface area contributed by atoms with Crippen LogP contribution in [0.3, 0.4) is 0 Å². The van der Waals surface area contributed by atoms with Gasteiger partial charge in [0.15, 0.2) is 11.6 Å². The number of nitrogens with zero attached hydrogens (tertiary/aromatic N) is 2. The van der Waals surface area contributed by atoms with Crippen molar-refractivity contribution in [3.05, 3.63) is 30.1 Å². The van der Waals surface area contributed by atoms with Crippen LogP contribution in [-0.2, 0) is 4.79 Å². The SMILES string of the molecule is CC1CCCCN1C(=O)CN(C)CCOc1ccccc1F. The number of benzene rings is 1. The molecule has 22 heavy (non-hydrogen) atoms. The van der Waals surface area contributed by atoms with Gasteiger partial charge in [0.2, 0.25) is 5.91 Å². The van der Waals surface area contributed by atoms with E-state index in [0.29, 0.717) is 25.7 Å². The van der Waals surface area contributed by atoms with Crippen molar-refractivity contribution in [2.24, 2.45) is 0 Å². The fourth-order valence-electron chi connectivity index (χ4n) is 2.74. The van der Waals surface area contributed by atoms with E-state index in [-0.39, 0.29) is 17.5 Å². The molecule has 0 saturated carbocycles. The van der Waals surface area contributed by atoms with Crippen LogP contribution in [0.15, 0.2) is 24.3 Å². The minimum atomic E-state index is -0.358. The zero-order valence-corrected chi connectivity index (χ0v) is 13.4. The Morgan fingerprint density at radius 2 is 2.18 bits per heavy atom. The number of likely N-dealkylation sites (N-methyl/N-ethyl adjacent to an activating group) is 1. The van der Waals surface area contributed by atoms with Crippen molar-refractivity contribution in [2.75, 3.05) is 33.3 Å². The monoisotopic (exact) mass is 308 g/mol. The Kier molecular flexibility index (Phi) is 6.19. The molecule has 2 rings (SSSR count). The summed E-state index contributed by atoms with van der Waals surface area (Å²) < 4.78 is 18.8. The van der Waals surface area contributed by atoms with Gasteiger partial charge < -0.3 is 9.64 Å². The van der Waals surface area contributed by atoms with Crippen molar-refractivity contribution in [1.29, 1.82) is 0 Å². The van der Waals surface area contributed by atoms with Crippen LogP contribution < -0.4 is 4.74 Å². The molecule has 1 fully saturated rings. The number of rotatable bonds is 6. The third-order valence-electron chi connectivity index (χ3n) is 4.10. The molecule has 1 saturated heterocycles. The first-order valence-corrected chi connectivity index (χ1v) is 7.93. The Labute approximate surface area is 131 Å². The number of amides is 1. The van der Waals surface area contributed by atoms with Gasteiger partial charge >= 0.3 is 0 Å². The van der Waals surface area contributed by atoms with Crippen LogP contribution in [0.5, 0.6) is 5.75 Å². The third-order valence-corrected chi connectivity index (χ3v) is 4.10. The van der Waals surface area contributed by atoms with Crippen molar-refractivity contribution in [2.45, 2.75) is 32.2 Å². The maximum absolute atomic E-state index is 13.4. The molecule has 0 N–H and O–H groups in total. The van der Waals surface area contributed by atoms with E-state index in [9.17, 15) is 9.18 Å². The second-order valence-corrected chi connectivity index (χ2v) is 5.95. The molecule has 1 amide bonds. The fraction of sp³-hybridized carbons (Fsp3) is 0.588. The van der Waals surface area contributed by atoms with Gasteiger partial charge in [-0.15, -0.1) is 0 Å². The standard InChI is InChI=1S/C17H25FN2O2/c1-14-7-5-6-10-20(14)17(21)13-19(2)11-12-22-16-9-4-3-8-15(16)18/h3-4,8-9,14H,5-7,10-13H2,1-2H3. The van der Waals surface area contributed by atoms with Crippen LogP contribution in [0.2, 0.25) is 0 Å². The second kappa shape index (κ2) is 8.13. The average Bonchev–Trinajstić information content (AvgIpc) is 2.49. The van der Waals surface area contributed by atoms with E-state index in [1.54, 1.807) is 18.2 Å². The Morgan fingerprint density at radius 1 is 1.41 bits per heavy atom.